The van der Waals surface area contributed by atoms with E-state index in [0.717, 1.165) is 38.9 Å². The third-order valence-corrected chi connectivity index (χ3v) is 7.89. The molecule has 0 bridgehead atoms. The molecule has 1 aromatic heterocycles. The Morgan fingerprint density at radius 1 is 1.17 bits per heavy atom. The smallest absolute Gasteiger partial charge is 0.304 e. The highest BCUT2D eigenvalue weighted by atomic mass is 19.1. The fourth-order valence-electron chi connectivity index (χ4n) is 6.19. The summed E-state index contributed by atoms with van der Waals surface area (Å²) in [5.74, 6) is 0.308. The van der Waals surface area contributed by atoms with E-state index in [2.05, 4.69) is 15.4 Å². The normalized spacial score (nSPS) is 17.6. The number of hydrogen-bond donors (Lipinski definition) is 2. The first-order valence-electron chi connectivity index (χ1n) is 14.1. The van der Waals surface area contributed by atoms with Crippen molar-refractivity contribution in [1.29, 1.82) is 0 Å². The SMILES string of the molecule is Cc1cc(-c2nnn(CC(C)(C)O)n2)cc(C)c1-c1ccc(F)c2c1CC[C@H]2Oc1ccc2c(c1)OCC2CC(=O)O. The number of aryl methyl sites for hydroxylation is 2. The first-order valence-corrected chi connectivity index (χ1v) is 14.1. The Kier molecular flexibility index (Phi) is 6.97. The van der Waals surface area contributed by atoms with Crippen molar-refractivity contribution in [2.75, 3.05) is 6.61 Å². The predicted molar refractivity (Wildman–Crippen MR) is 153 cm³/mol. The molecule has 1 aliphatic carbocycles. The van der Waals surface area contributed by atoms with Crippen molar-refractivity contribution in [3.63, 3.8) is 0 Å². The summed E-state index contributed by atoms with van der Waals surface area (Å²) in [4.78, 5) is 12.6. The number of carboxylic acid groups (broad SMARTS) is 1. The maximum atomic E-state index is 15.3. The second-order valence-corrected chi connectivity index (χ2v) is 11.9. The van der Waals surface area contributed by atoms with Crippen LogP contribution in [0, 0.1) is 19.7 Å². The largest absolute Gasteiger partial charge is 0.492 e. The average molecular weight is 573 g/mol. The van der Waals surface area contributed by atoms with Crippen molar-refractivity contribution in [3.8, 4) is 34.0 Å². The molecule has 42 heavy (non-hydrogen) atoms. The van der Waals surface area contributed by atoms with Crippen molar-refractivity contribution < 1.29 is 28.9 Å². The molecule has 0 saturated carbocycles. The molecular weight excluding hydrogens is 539 g/mol. The van der Waals surface area contributed by atoms with Crippen LogP contribution in [0.4, 0.5) is 4.39 Å². The monoisotopic (exact) mass is 572 g/mol. The second-order valence-electron chi connectivity index (χ2n) is 11.9. The summed E-state index contributed by atoms with van der Waals surface area (Å²) in [5.41, 5.74) is 6.25. The molecule has 0 radical (unpaired) electrons. The van der Waals surface area contributed by atoms with Crippen molar-refractivity contribution in [3.05, 3.63) is 76.1 Å². The molecular formula is C32H33FN4O5. The Morgan fingerprint density at radius 3 is 2.64 bits per heavy atom. The molecule has 3 aromatic carbocycles. The minimum absolute atomic E-state index is 0.00964. The van der Waals surface area contributed by atoms with Gasteiger partial charge in [0.2, 0.25) is 5.82 Å². The molecule has 218 valence electrons. The van der Waals surface area contributed by atoms with Gasteiger partial charge in [-0.1, -0.05) is 12.1 Å². The van der Waals surface area contributed by atoms with Gasteiger partial charge in [-0.25, -0.2) is 4.39 Å². The molecule has 0 fully saturated rings. The van der Waals surface area contributed by atoms with E-state index < -0.39 is 17.7 Å². The Hall–Kier alpha value is -4.31. The first kappa shape index (κ1) is 27.8. The number of benzene rings is 3. The zero-order valence-corrected chi connectivity index (χ0v) is 24.0. The van der Waals surface area contributed by atoms with Gasteiger partial charge in [-0.15, -0.1) is 10.2 Å². The molecule has 1 unspecified atom stereocenters. The van der Waals surface area contributed by atoms with Crippen LogP contribution >= 0.6 is 0 Å². The van der Waals surface area contributed by atoms with Gasteiger partial charge in [0.15, 0.2) is 0 Å². The molecule has 6 rings (SSSR count). The molecule has 0 amide bonds. The van der Waals surface area contributed by atoms with Gasteiger partial charge >= 0.3 is 5.97 Å². The van der Waals surface area contributed by atoms with Crippen molar-refractivity contribution in [2.45, 2.75) is 71.1 Å². The number of carboxylic acids is 1. The van der Waals surface area contributed by atoms with Gasteiger partial charge in [-0.3, -0.25) is 4.79 Å². The number of fused-ring (bicyclic) bond motifs is 2. The van der Waals surface area contributed by atoms with Crippen LogP contribution in [-0.2, 0) is 17.8 Å². The van der Waals surface area contributed by atoms with E-state index in [9.17, 15) is 9.90 Å². The topological polar surface area (TPSA) is 120 Å². The van der Waals surface area contributed by atoms with E-state index in [4.69, 9.17) is 14.6 Å². The summed E-state index contributed by atoms with van der Waals surface area (Å²) in [5, 5.41) is 32.0. The van der Waals surface area contributed by atoms with Gasteiger partial charge in [0.25, 0.3) is 0 Å². The Bertz CT molecular complexity index is 1670. The lowest BCUT2D eigenvalue weighted by molar-refractivity contribution is -0.137. The van der Waals surface area contributed by atoms with Crippen LogP contribution in [0.3, 0.4) is 0 Å². The molecule has 2 aliphatic rings. The molecule has 10 heteroatoms. The highest BCUT2D eigenvalue weighted by molar-refractivity contribution is 5.78. The molecule has 2 N–H and O–H groups in total. The molecule has 4 aromatic rings. The molecule has 9 nitrogen and oxygen atoms in total. The number of ether oxygens (including phenoxy) is 2. The van der Waals surface area contributed by atoms with E-state index in [1.807, 2.05) is 38.1 Å². The number of aromatic nitrogens is 4. The van der Waals surface area contributed by atoms with Crippen LogP contribution in [0.1, 0.15) is 66.5 Å². The summed E-state index contributed by atoms with van der Waals surface area (Å²) in [7, 11) is 0. The van der Waals surface area contributed by atoms with Crippen LogP contribution in [0.25, 0.3) is 22.5 Å². The van der Waals surface area contributed by atoms with E-state index in [-0.39, 0.29) is 24.7 Å². The van der Waals surface area contributed by atoms with E-state index in [1.165, 1.54) is 10.9 Å². The third kappa shape index (κ3) is 5.34. The van der Waals surface area contributed by atoms with Gasteiger partial charge in [0.1, 0.15) is 23.4 Å². The van der Waals surface area contributed by atoms with Crippen molar-refractivity contribution >= 4 is 5.97 Å². The number of tetrazole rings is 1. The Labute approximate surface area is 242 Å². The molecule has 2 atom stereocenters. The van der Waals surface area contributed by atoms with Crippen molar-refractivity contribution in [1.82, 2.24) is 20.2 Å². The summed E-state index contributed by atoms with van der Waals surface area (Å²) in [6.45, 7) is 7.97. The number of halogens is 1. The molecule has 1 aliphatic heterocycles. The average Bonchev–Trinajstić information content (AvgIpc) is 3.63. The minimum atomic E-state index is -0.961. The minimum Gasteiger partial charge on any atom is -0.492 e. The van der Waals surface area contributed by atoms with Gasteiger partial charge in [0.05, 0.1) is 25.2 Å². The van der Waals surface area contributed by atoms with Crippen molar-refractivity contribution in [2.24, 2.45) is 0 Å². The first-order chi connectivity index (χ1) is 20.0. The lowest BCUT2D eigenvalue weighted by Crippen LogP contribution is -2.27. The van der Waals surface area contributed by atoms with Gasteiger partial charge < -0.3 is 19.7 Å². The number of hydrogen-bond acceptors (Lipinski definition) is 7. The highest BCUT2D eigenvalue weighted by Crippen LogP contribution is 2.45. The summed E-state index contributed by atoms with van der Waals surface area (Å²) in [6, 6.07) is 12.8. The van der Waals surface area contributed by atoms with E-state index in [0.29, 0.717) is 42.3 Å². The number of nitrogens with zero attached hydrogens (tertiary/aromatic N) is 4. The van der Waals surface area contributed by atoms with Crippen LogP contribution < -0.4 is 9.47 Å². The third-order valence-electron chi connectivity index (χ3n) is 7.89. The highest BCUT2D eigenvalue weighted by Gasteiger charge is 2.32. The van der Waals surface area contributed by atoms with Gasteiger partial charge in [-0.2, -0.15) is 4.80 Å². The zero-order chi connectivity index (χ0) is 29.8. The standard InChI is InChI=1S/C32H33FN4O5/c1-17-11-19(31-34-36-37(35-31)16-32(3,4)40)12-18(2)29(17)23-7-9-25(33)30-24(23)8-10-26(30)42-21-5-6-22-20(13-28(38)39)15-41-27(22)14-21/h5-7,9,11-12,14,20,26,40H,8,10,13,15-16H2,1-4H3,(H,38,39)/t20?,26-/m1/s1. The zero-order valence-electron chi connectivity index (χ0n) is 24.0. The second kappa shape index (κ2) is 10.5. The lowest BCUT2D eigenvalue weighted by Gasteiger charge is -2.19. The van der Waals surface area contributed by atoms with E-state index >= 15 is 4.39 Å². The van der Waals surface area contributed by atoms with Gasteiger partial charge in [-0.05, 0) is 97.8 Å². The quantitative estimate of drug-likeness (QED) is 0.282. The molecule has 0 saturated heterocycles. The number of aliphatic hydroxyl groups is 1. The maximum Gasteiger partial charge on any atom is 0.304 e. The summed E-state index contributed by atoms with van der Waals surface area (Å²) >= 11 is 0. The van der Waals surface area contributed by atoms with Crippen LogP contribution in [0.2, 0.25) is 0 Å². The number of aliphatic carboxylic acids is 1. The fourth-order valence-corrected chi connectivity index (χ4v) is 6.19. The molecule has 2 heterocycles. The maximum absolute atomic E-state index is 15.3. The van der Waals surface area contributed by atoms with E-state index in [1.54, 1.807) is 26.0 Å². The summed E-state index contributed by atoms with van der Waals surface area (Å²) < 4.78 is 27.4. The van der Waals surface area contributed by atoms with Gasteiger partial charge in [0, 0.05) is 28.7 Å². The van der Waals surface area contributed by atoms with Crippen LogP contribution in [0.5, 0.6) is 11.5 Å². The summed E-state index contributed by atoms with van der Waals surface area (Å²) in [6.07, 6.45) is 0.857. The van der Waals surface area contributed by atoms with Crippen LogP contribution in [0.15, 0.2) is 42.5 Å². The Morgan fingerprint density at radius 2 is 1.93 bits per heavy atom. The fraction of sp³-hybridized carbons (Fsp3) is 0.375. The Balaban J connectivity index is 1.28. The number of rotatable bonds is 8. The molecule has 0 spiro atoms. The lowest BCUT2D eigenvalue weighted by atomic mass is 9.89. The predicted octanol–water partition coefficient (Wildman–Crippen LogP) is 5.55. The number of carbonyl (C=O) groups is 1. The van der Waals surface area contributed by atoms with Crippen LogP contribution in [-0.4, -0.2) is 48.6 Å².